The zero-order chi connectivity index (χ0) is 7.78. The second kappa shape index (κ2) is 2.23. The molecule has 0 aromatic heterocycles. The van der Waals surface area contributed by atoms with Crippen LogP contribution in [0.15, 0.2) is 0 Å². The highest BCUT2D eigenvalue weighted by Gasteiger charge is 2.50. The van der Waals surface area contributed by atoms with Crippen molar-refractivity contribution in [1.29, 1.82) is 0 Å². The summed E-state index contributed by atoms with van der Waals surface area (Å²) in [6, 6.07) is 0. The van der Waals surface area contributed by atoms with E-state index < -0.39 is 5.97 Å². The summed E-state index contributed by atoms with van der Waals surface area (Å²) in [6.07, 6.45) is 2.02. The van der Waals surface area contributed by atoms with Crippen LogP contribution in [0.25, 0.3) is 0 Å². The number of carboxylic acids is 1. The molecule has 0 amide bonds. The molecule has 58 valence electrons. The van der Waals surface area contributed by atoms with Crippen molar-refractivity contribution in [2.45, 2.75) is 31.7 Å². The SMILES string of the molecule is CCC1CC1(N)CC(=O)O. The minimum absolute atomic E-state index is 0.130. The quantitative estimate of drug-likeness (QED) is 0.607. The number of aliphatic carboxylic acids is 1. The Kier molecular flexibility index (Phi) is 1.68. The topological polar surface area (TPSA) is 63.3 Å². The molecule has 1 saturated carbocycles. The van der Waals surface area contributed by atoms with E-state index in [-0.39, 0.29) is 12.0 Å². The van der Waals surface area contributed by atoms with Crippen LogP contribution in [0.3, 0.4) is 0 Å². The molecule has 1 fully saturated rings. The fraction of sp³-hybridized carbons (Fsp3) is 0.857. The van der Waals surface area contributed by atoms with Crippen LogP contribution in [0, 0.1) is 5.92 Å². The third-order valence-electron chi connectivity index (χ3n) is 2.25. The van der Waals surface area contributed by atoms with Gasteiger partial charge in [-0.05, 0) is 12.3 Å². The lowest BCUT2D eigenvalue weighted by Gasteiger charge is -2.05. The molecule has 2 unspecified atom stereocenters. The monoisotopic (exact) mass is 143 g/mol. The summed E-state index contributed by atoms with van der Waals surface area (Å²) < 4.78 is 0. The smallest absolute Gasteiger partial charge is 0.305 e. The van der Waals surface area contributed by atoms with Gasteiger partial charge in [0, 0.05) is 5.54 Å². The first kappa shape index (κ1) is 7.54. The summed E-state index contributed by atoms with van der Waals surface area (Å²) in [5.74, 6) is -0.331. The van der Waals surface area contributed by atoms with Crippen molar-refractivity contribution in [3.8, 4) is 0 Å². The van der Waals surface area contributed by atoms with Crippen LogP contribution in [-0.4, -0.2) is 16.6 Å². The molecule has 0 saturated heterocycles. The van der Waals surface area contributed by atoms with Gasteiger partial charge in [0.1, 0.15) is 0 Å². The zero-order valence-corrected chi connectivity index (χ0v) is 6.13. The average molecular weight is 143 g/mol. The number of hydrogen-bond donors (Lipinski definition) is 2. The van der Waals surface area contributed by atoms with Crippen LogP contribution in [-0.2, 0) is 4.79 Å². The van der Waals surface area contributed by atoms with E-state index in [1.807, 2.05) is 6.92 Å². The third kappa shape index (κ3) is 1.29. The molecule has 0 aliphatic heterocycles. The van der Waals surface area contributed by atoms with Crippen LogP contribution >= 0.6 is 0 Å². The predicted octanol–water partition coefficient (Wildman–Crippen LogP) is 0.589. The Balaban J connectivity index is 2.36. The number of carbonyl (C=O) groups is 1. The molecule has 0 spiro atoms. The average Bonchev–Trinajstić information content (AvgIpc) is 2.39. The Bertz CT molecular complexity index is 158. The number of hydrogen-bond acceptors (Lipinski definition) is 2. The molecule has 1 rings (SSSR count). The van der Waals surface area contributed by atoms with E-state index in [0.717, 1.165) is 12.8 Å². The molecule has 3 N–H and O–H groups in total. The van der Waals surface area contributed by atoms with Crippen LogP contribution in [0.1, 0.15) is 26.2 Å². The molecule has 10 heavy (non-hydrogen) atoms. The summed E-state index contributed by atoms with van der Waals surface area (Å²) >= 11 is 0. The van der Waals surface area contributed by atoms with Crippen molar-refractivity contribution >= 4 is 5.97 Å². The lowest BCUT2D eigenvalue weighted by molar-refractivity contribution is -0.137. The third-order valence-corrected chi connectivity index (χ3v) is 2.25. The molecular formula is C7H13NO2. The molecule has 2 atom stereocenters. The molecule has 1 aliphatic rings. The molecule has 3 nitrogen and oxygen atoms in total. The van der Waals surface area contributed by atoms with E-state index in [1.165, 1.54) is 0 Å². The first-order valence-electron chi connectivity index (χ1n) is 3.59. The normalized spacial score (nSPS) is 37.6. The van der Waals surface area contributed by atoms with Gasteiger partial charge in [-0.3, -0.25) is 4.79 Å². The Morgan fingerprint density at radius 1 is 1.90 bits per heavy atom. The van der Waals surface area contributed by atoms with Crippen molar-refractivity contribution < 1.29 is 9.90 Å². The minimum atomic E-state index is -0.779. The van der Waals surface area contributed by atoms with Crippen LogP contribution in [0.5, 0.6) is 0 Å². The highest BCUT2D eigenvalue weighted by atomic mass is 16.4. The summed E-state index contributed by atoms with van der Waals surface area (Å²) in [7, 11) is 0. The van der Waals surface area contributed by atoms with Gasteiger partial charge in [-0.2, -0.15) is 0 Å². The van der Waals surface area contributed by atoms with Crippen LogP contribution in [0.2, 0.25) is 0 Å². The number of carboxylic acid groups (broad SMARTS) is 1. The fourth-order valence-corrected chi connectivity index (χ4v) is 1.45. The lowest BCUT2D eigenvalue weighted by atomic mass is 10.1. The molecule has 0 aromatic carbocycles. The van der Waals surface area contributed by atoms with E-state index in [1.54, 1.807) is 0 Å². The van der Waals surface area contributed by atoms with Crippen molar-refractivity contribution in [1.82, 2.24) is 0 Å². The van der Waals surface area contributed by atoms with E-state index in [4.69, 9.17) is 10.8 Å². The molecule has 0 bridgehead atoms. The molecule has 0 heterocycles. The highest BCUT2D eigenvalue weighted by molar-refractivity contribution is 5.69. The van der Waals surface area contributed by atoms with E-state index in [0.29, 0.717) is 5.92 Å². The summed E-state index contributed by atoms with van der Waals surface area (Å²) in [6.45, 7) is 2.04. The van der Waals surface area contributed by atoms with Gasteiger partial charge in [-0.15, -0.1) is 0 Å². The van der Waals surface area contributed by atoms with Gasteiger partial charge in [0.15, 0.2) is 0 Å². The Labute approximate surface area is 60.2 Å². The largest absolute Gasteiger partial charge is 0.481 e. The number of nitrogens with two attached hydrogens (primary N) is 1. The predicted molar refractivity (Wildman–Crippen MR) is 37.6 cm³/mol. The van der Waals surface area contributed by atoms with Gasteiger partial charge in [0.05, 0.1) is 6.42 Å². The van der Waals surface area contributed by atoms with Gasteiger partial charge in [-0.25, -0.2) is 0 Å². The maximum Gasteiger partial charge on any atom is 0.305 e. The van der Waals surface area contributed by atoms with E-state index >= 15 is 0 Å². The number of rotatable bonds is 3. The Morgan fingerprint density at radius 2 is 2.50 bits per heavy atom. The summed E-state index contributed by atoms with van der Waals surface area (Å²) in [5.41, 5.74) is 5.36. The fourth-order valence-electron chi connectivity index (χ4n) is 1.45. The molecular weight excluding hydrogens is 130 g/mol. The first-order valence-corrected chi connectivity index (χ1v) is 3.59. The van der Waals surface area contributed by atoms with Gasteiger partial charge < -0.3 is 10.8 Å². The maximum atomic E-state index is 10.2. The van der Waals surface area contributed by atoms with E-state index in [2.05, 4.69) is 0 Å². The first-order chi connectivity index (χ1) is 4.58. The maximum absolute atomic E-state index is 10.2. The van der Waals surface area contributed by atoms with Gasteiger partial charge in [-0.1, -0.05) is 13.3 Å². The Morgan fingerprint density at radius 3 is 2.80 bits per heavy atom. The van der Waals surface area contributed by atoms with Crippen molar-refractivity contribution in [2.24, 2.45) is 11.7 Å². The molecule has 0 aromatic rings. The van der Waals surface area contributed by atoms with Gasteiger partial charge >= 0.3 is 5.97 Å². The van der Waals surface area contributed by atoms with Crippen molar-refractivity contribution in [3.05, 3.63) is 0 Å². The molecule has 1 aliphatic carbocycles. The van der Waals surface area contributed by atoms with Crippen molar-refractivity contribution in [3.63, 3.8) is 0 Å². The minimum Gasteiger partial charge on any atom is -0.481 e. The van der Waals surface area contributed by atoms with E-state index in [9.17, 15) is 4.79 Å². The summed E-state index contributed by atoms with van der Waals surface area (Å²) in [4.78, 5) is 10.2. The highest BCUT2D eigenvalue weighted by Crippen LogP contribution is 2.45. The summed E-state index contributed by atoms with van der Waals surface area (Å²) in [5, 5.41) is 8.42. The zero-order valence-electron chi connectivity index (χ0n) is 6.13. The standard InChI is InChI=1S/C7H13NO2/c1-2-5-3-7(5,8)4-6(9)10/h5H,2-4,8H2,1H3,(H,9,10). The lowest BCUT2D eigenvalue weighted by Crippen LogP contribution is -2.28. The second-order valence-corrected chi connectivity index (χ2v) is 3.11. The second-order valence-electron chi connectivity index (χ2n) is 3.11. The van der Waals surface area contributed by atoms with Crippen LogP contribution in [0.4, 0.5) is 0 Å². The van der Waals surface area contributed by atoms with Gasteiger partial charge in [0.25, 0.3) is 0 Å². The Hall–Kier alpha value is -0.570. The van der Waals surface area contributed by atoms with Crippen LogP contribution < -0.4 is 5.73 Å². The van der Waals surface area contributed by atoms with Gasteiger partial charge in [0.2, 0.25) is 0 Å². The molecule has 0 radical (unpaired) electrons. The van der Waals surface area contributed by atoms with Crippen molar-refractivity contribution in [2.75, 3.05) is 0 Å². The molecule has 3 heteroatoms.